The molecule has 0 saturated carbocycles. The van der Waals surface area contributed by atoms with E-state index in [1.807, 2.05) is 30.3 Å². The number of nitrogen functional groups attached to an aromatic ring is 1. The molecule has 4 rings (SSSR count). The van der Waals surface area contributed by atoms with Gasteiger partial charge in [0.25, 0.3) is 0 Å². The predicted octanol–water partition coefficient (Wildman–Crippen LogP) is 3.65. The zero-order valence-electron chi connectivity index (χ0n) is 17.1. The van der Waals surface area contributed by atoms with E-state index >= 15 is 0 Å². The lowest BCUT2D eigenvalue weighted by molar-refractivity contribution is -0.126. The minimum Gasteiger partial charge on any atom is -0.506 e. The highest BCUT2D eigenvalue weighted by Gasteiger charge is 2.19. The SMILES string of the molecule is C=CC(=O)N(CCn1nc(-c2ccc(Cl)c(O)c2)c2c(N)ncnc21)Cc1ccccc1. The second-order valence-electron chi connectivity index (χ2n) is 7.14. The van der Waals surface area contributed by atoms with Crippen LogP contribution in [-0.2, 0) is 17.9 Å². The van der Waals surface area contributed by atoms with E-state index in [4.69, 9.17) is 17.3 Å². The number of anilines is 1. The first-order valence-electron chi connectivity index (χ1n) is 9.89. The molecule has 9 heteroatoms. The van der Waals surface area contributed by atoms with Crippen molar-refractivity contribution < 1.29 is 9.90 Å². The summed E-state index contributed by atoms with van der Waals surface area (Å²) in [5, 5.41) is 15.5. The largest absolute Gasteiger partial charge is 0.506 e. The molecule has 0 aliphatic heterocycles. The van der Waals surface area contributed by atoms with Crippen LogP contribution in [0.1, 0.15) is 5.56 Å². The van der Waals surface area contributed by atoms with Crippen LogP contribution in [0.2, 0.25) is 5.02 Å². The molecule has 8 nitrogen and oxygen atoms in total. The van der Waals surface area contributed by atoms with Gasteiger partial charge < -0.3 is 15.7 Å². The normalized spacial score (nSPS) is 10.9. The van der Waals surface area contributed by atoms with Gasteiger partial charge in [0.2, 0.25) is 5.91 Å². The van der Waals surface area contributed by atoms with E-state index in [9.17, 15) is 9.90 Å². The molecule has 2 aromatic carbocycles. The van der Waals surface area contributed by atoms with Crippen molar-refractivity contribution in [2.24, 2.45) is 0 Å². The van der Waals surface area contributed by atoms with Gasteiger partial charge in [-0.15, -0.1) is 0 Å². The van der Waals surface area contributed by atoms with Crippen molar-refractivity contribution in [1.82, 2.24) is 24.6 Å². The highest BCUT2D eigenvalue weighted by atomic mass is 35.5. The molecule has 0 aliphatic rings. The predicted molar refractivity (Wildman–Crippen MR) is 124 cm³/mol. The fourth-order valence-electron chi connectivity index (χ4n) is 3.46. The topological polar surface area (TPSA) is 110 Å². The molecule has 0 radical (unpaired) electrons. The minimum absolute atomic E-state index is 0.0621. The average molecular weight is 449 g/mol. The third-order valence-corrected chi connectivity index (χ3v) is 5.38. The van der Waals surface area contributed by atoms with Gasteiger partial charge in [0, 0.05) is 18.7 Å². The molecule has 0 unspecified atom stereocenters. The maximum Gasteiger partial charge on any atom is 0.246 e. The second kappa shape index (κ2) is 9.07. The summed E-state index contributed by atoms with van der Waals surface area (Å²) >= 11 is 5.95. The highest BCUT2D eigenvalue weighted by molar-refractivity contribution is 6.32. The zero-order chi connectivity index (χ0) is 22.7. The smallest absolute Gasteiger partial charge is 0.246 e. The van der Waals surface area contributed by atoms with Crippen LogP contribution in [-0.4, -0.2) is 42.2 Å². The molecular weight excluding hydrogens is 428 g/mol. The van der Waals surface area contributed by atoms with Crippen molar-refractivity contribution >= 4 is 34.4 Å². The number of carbonyl (C=O) groups is 1. The second-order valence-corrected chi connectivity index (χ2v) is 7.55. The average Bonchev–Trinajstić information content (AvgIpc) is 3.18. The number of hydrogen-bond acceptors (Lipinski definition) is 6. The molecule has 0 saturated heterocycles. The first-order valence-corrected chi connectivity index (χ1v) is 10.3. The number of carbonyl (C=O) groups excluding carboxylic acids is 1. The lowest BCUT2D eigenvalue weighted by Gasteiger charge is -2.21. The number of fused-ring (bicyclic) bond motifs is 1. The number of aromatic hydroxyl groups is 1. The molecule has 0 fully saturated rings. The summed E-state index contributed by atoms with van der Waals surface area (Å²) in [6.45, 7) is 4.81. The molecule has 3 N–H and O–H groups in total. The van der Waals surface area contributed by atoms with Gasteiger partial charge in [-0.3, -0.25) is 4.79 Å². The van der Waals surface area contributed by atoms with Gasteiger partial charge in [0.05, 0.1) is 17.0 Å². The van der Waals surface area contributed by atoms with E-state index in [1.165, 1.54) is 18.5 Å². The molecule has 2 heterocycles. The van der Waals surface area contributed by atoms with Gasteiger partial charge in [0.1, 0.15) is 23.6 Å². The molecule has 162 valence electrons. The fourth-order valence-corrected chi connectivity index (χ4v) is 3.58. The molecule has 0 bridgehead atoms. The molecule has 0 atom stereocenters. The van der Waals surface area contributed by atoms with Crippen molar-refractivity contribution in [1.29, 1.82) is 0 Å². The standard InChI is InChI=1S/C23H21ClN6O2/c1-2-19(32)29(13-15-6-4-3-5-7-15)10-11-30-23-20(22(25)26-14-27-23)21(28-30)16-8-9-17(24)18(31)12-16/h2-9,12,14,31H,1,10-11,13H2,(H2,25,26,27). The van der Waals surface area contributed by atoms with Gasteiger partial charge in [0.15, 0.2) is 5.65 Å². The molecule has 1 amide bonds. The van der Waals surface area contributed by atoms with Crippen molar-refractivity contribution in [2.45, 2.75) is 13.1 Å². The molecule has 32 heavy (non-hydrogen) atoms. The van der Waals surface area contributed by atoms with Gasteiger partial charge >= 0.3 is 0 Å². The van der Waals surface area contributed by atoms with Crippen molar-refractivity contribution in [2.75, 3.05) is 12.3 Å². The molecule has 2 aromatic heterocycles. The van der Waals surface area contributed by atoms with Crippen LogP contribution >= 0.6 is 11.6 Å². The number of phenolic OH excluding ortho intramolecular Hbond substituents is 1. The van der Waals surface area contributed by atoms with Crippen LogP contribution in [0, 0.1) is 0 Å². The van der Waals surface area contributed by atoms with Crippen LogP contribution in [0.4, 0.5) is 5.82 Å². The number of phenols is 1. The summed E-state index contributed by atoms with van der Waals surface area (Å²) in [6, 6.07) is 14.6. The van der Waals surface area contributed by atoms with E-state index in [-0.39, 0.29) is 22.5 Å². The zero-order valence-corrected chi connectivity index (χ0v) is 17.9. The first kappa shape index (κ1) is 21.3. The lowest BCUT2D eigenvalue weighted by atomic mass is 10.1. The van der Waals surface area contributed by atoms with E-state index in [0.717, 1.165) is 5.56 Å². The maximum atomic E-state index is 12.4. The molecule has 4 aromatic rings. The Hall–Kier alpha value is -3.91. The van der Waals surface area contributed by atoms with E-state index in [0.29, 0.717) is 41.9 Å². The Bertz CT molecular complexity index is 1290. The van der Waals surface area contributed by atoms with Gasteiger partial charge in [-0.1, -0.05) is 54.6 Å². The Morgan fingerprint density at radius 3 is 2.72 bits per heavy atom. The van der Waals surface area contributed by atoms with E-state index < -0.39 is 0 Å². The van der Waals surface area contributed by atoms with Gasteiger partial charge in [-0.25, -0.2) is 14.6 Å². The Kier molecular flexibility index (Phi) is 6.04. The maximum absolute atomic E-state index is 12.4. The van der Waals surface area contributed by atoms with Gasteiger partial charge in [-0.2, -0.15) is 5.10 Å². The Labute approximate surface area is 189 Å². The Morgan fingerprint density at radius 2 is 2.00 bits per heavy atom. The van der Waals surface area contributed by atoms with Crippen LogP contribution in [0.3, 0.4) is 0 Å². The number of aromatic nitrogens is 4. The highest BCUT2D eigenvalue weighted by Crippen LogP contribution is 2.34. The number of halogens is 1. The fraction of sp³-hybridized carbons (Fsp3) is 0.130. The van der Waals surface area contributed by atoms with Crippen molar-refractivity contribution in [3.63, 3.8) is 0 Å². The first-order chi connectivity index (χ1) is 15.5. The van der Waals surface area contributed by atoms with Crippen LogP contribution < -0.4 is 5.73 Å². The van der Waals surface area contributed by atoms with Gasteiger partial charge in [-0.05, 0) is 23.8 Å². The number of nitrogens with two attached hydrogens (primary N) is 1. The van der Waals surface area contributed by atoms with Crippen LogP contribution in [0.15, 0.2) is 67.5 Å². The number of amides is 1. The molecular formula is C23H21ClN6O2. The summed E-state index contributed by atoms with van der Waals surface area (Å²) in [6.07, 6.45) is 2.67. The minimum atomic E-state index is -0.178. The summed E-state index contributed by atoms with van der Waals surface area (Å²) in [7, 11) is 0. The summed E-state index contributed by atoms with van der Waals surface area (Å²) in [5.41, 5.74) is 8.83. The quantitative estimate of drug-likeness (QED) is 0.417. The number of hydrogen-bond donors (Lipinski definition) is 2. The summed E-state index contributed by atoms with van der Waals surface area (Å²) < 4.78 is 1.68. The lowest BCUT2D eigenvalue weighted by Crippen LogP contribution is -2.32. The summed E-state index contributed by atoms with van der Waals surface area (Å²) in [4.78, 5) is 22.6. The Morgan fingerprint density at radius 1 is 1.22 bits per heavy atom. The summed E-state index contributed by atoms with van der Waals surface area (Å²) in [5.74, 6) is 0.0317. The van der Waals surface area contributed by atoms with Crippen LogP contribution in [0.5, 0.6) is 5.75 Å². The molecule has 0 spiro atoms. The Balaban J connectivity index is 1.68. The van der Waals surface area contributed by atoms with Crippen molar-refractivity contribution in [3.8, 4) is 17.0 Å². The van der Waals surface area contributed by atoms with E-state index in [1.54, 1.807) is 21.7 Å². The van der Waals surface area contributed by atoms with E-state index in [2.05, 4.69) is 21.6 Å². The van der Waals surface area contributed by atoms with Crippen molar-refractivity contribution in [3.05, 3.63) is 78.1 Å². The molecule has 0 aliphatic carbocycles. The number of rotatable bonds is 7. The third-order valence-electron chi connectivity index (χ3n) is 5.06. The number of nitrogens with zero attached hydrogens (tertiary/aromatic N) is 5. The third kappa shape index (κ3) is 4.26. The van der Waals surface area contributed by atoms with Crippen LogP contribution in [0.25, 0.3) is 22.3 Å². The monoisotopic (exact) mass is 448 g/mol. The number of benzene rings is 2.